The van der Waals surface area contributed by atoms with Crippen LogP contribution >= 0.6 is 0 Å². The van der Waals surface area contributed by atoms with Gasteiger partial charge >= 0.3 is 0 Å². The number of anilines is 1. The first-order chi connectivity index (χ1) is 10.7. The topological polar surface area (TPSA) is 76.0 Å². The molecule has 1 aromatic rings. The van der Waals surface area contributed by atoms with Crippen LogP contribution in [0.3, 0.4) is 0 Å². The average molecular weight is 307 g/mol. The number of nitrogens with zero attached hydrogens (tertiary/aromatic N) is 5. The molecule has 22 heavy (non-hydrogen) atoms. The molecule has 2 atom stereocenters. The van der Waals surface area contributed by atoms with Crippen LogP contribution in [0, 0.1) is 0 Å². The summed E-state index contributed by atoms with van der Waals surface area (Å²) >= 11 is 0. The summed E-state index contributed by atoms with van der Waals surface area (Å²) in [6.07, 6.45) is 4.94. The van der Waals surface area contributed by atoms with Crippen molar-refractivity contribution < 1.29 is 10.2 Å². The van der Waals surface area contributed by atoms with Crippen molar-refractivity contribution in [1.82, 2.24) is 19.8 Å². The number of aliphatic hydroxyl groups is 2. The summed E-state index contributed by atoms with van der Waals surface area (Å²) < 4.78 is 0. The maximum absolute atomic E-state index is 9.79. The van der Waals surface area contributed by atoms with Gasteiger partial charge in [0.25, 0.3) is 0 Å². The molecule has 2 saturated heterocycles. The van der Waals surface area contributed by atoms with Crippen LogP contribution < -0.4 is 4.90 Å². The number of aromatic nitrogens is 2. The fraction of sp³-hybridized carbons (Fsp3) is 0.733. The van der Waals surface area contributed by atoms with Gasteiger partial charge in [0.1, 0.15) is 12.5 Å². The minimum Gasteiger partial charge on any atom is -0.378 e. The summed E-state index contributed by atoms with van der Waals surface area (Å²) in [5.74, 6) is 0.811. The normalized spacial score (nSPS) is 27.5. The zero-order valence-corrected chi connectivity index (χ0v) is 12.9. The van der Waals surface area contributed by atoms with Crippen molar-refractivity contribution >= 4 is 5.95 Å². The average Bonchev–Trinajstić information content (AvgIpc) is 2.88. The molecule has 0 aliphatic carbocycles. The van der Waals surface area contributed by atoms with E-state index in [2.05, 4.69) is 19.8 Å². The van der Waals surface area contributed by atoms with E-state index in [0.717, 1.165) is 51.6 Å². The molecule has 0 bridgehead atoms. The van der Waals surface area contributed by atoms with E-state index in [-0.39, 0.29) is 0 Å². The van der Waals surface area contributed by atoms with Crippen LogP contribution in [-0.2, 0) is 0 Å². The van der Waals surface area contributed by atoms with Crippen molar-refractivity contribution in [1.29, 1.82) is 0 Å². The SMILES string of the molecule is OC1CCC(O)N1CCCN1CCN(c2ncccn2)CC1. The van der Waals surface area contributed by atoms with Gasteiger partial charge < -0.3 is 15.1 Å². The van der Waals surface area contributed by atoms with Crippen molar-refractivity contribution in [2.45, 2.75) is 31.7 Å². The van der Waals surface area contributed by atoms with Crippen molar-refractivity contribution in [3.63, 3.8) is 0 Å². The zero-order chi connectivity index (χ0) is 15.4. The molecule has 2 N–H and O–H groups in total. The second kappa shape index (κ2) is 7.32. The first-order valence-electron chi connectivity index (χ1n) is 8.10. The van der Waals surface area contributed by atoms with Crippen LogP contribution in [0.2, 0.25) is 0 Å². The van der Waals surface area contributed by atoms with Gasteiger partial charge in [-0.25, -0.2) is 9.97 Å². The molecule has 2 aliphatic heterocycles. The number of aliphatic hydroxyl groups excluding tert-OH is 2. The van der Waals surface area contributed by atoms with Gasteiger partial charge in [0.15, 0.2) is 0 Å². The molecular formula is C15H25N5O2. The van der Waals surface area contributed by atoms with Crippen LogP contribution in [0.5, 0.6) is 0 Å². The summed E-state index contributed by atoms with van der Waals surface area (Å²) in [7, 11) is 0. The van der Waals surface area contributed by atoms with Gasteiger partial charge in [-0.05, 0) is 31.9 Å². The summed E-state index contributed by atoms with van der Waals surface area (Å²) in [6.45, 7) is 5.65. The van der Waals surface area contributed by atoms with Gasteiger partial charge in [0.2, 0.25) is 5.95 Å². The lowest BCUT2D eigenvalue weighted by Gasteiger charge is -2.35. The maximum Gasteiger partial charge on any atom is 0.225 e. The molecule has 0 amide bonds. The largest absolute Gasteiger partial charge is 0.378 e. The molecule has 1 aromatic heterocycles. The Labute approximate surface area is 131 Å². The number of hydrogen-bond donors (Lipinski definition) is 2. The van der Waals surface area contributed by atoms with Crippen molar-refractivity contribution in [2.75, 3.05) is 44.2 Å². The van der Waals surface area contributed by atoms with E-state index in [0.29, 0.717) is 12.8 Å². The highest BCUT2D eigenvalue weighted by molar-refractivity contribution is 5.29. The lowest BCUT2D eigenvalue weighted by Crippen LogP contribution is -2.47. The molecule has 0 saturated carbocycles. The molecule has 7 nitrogen and oxygen atoms in total. The van der Waals surface area contributed by atoms with Gasteiger partial charge in [-0.3, -0.25) is 9.80 Å². The van der Waals surface area contributed by atoms with E-state index in [4.69, 9.17) is 0 Å². The third-order valence-corrected chi connectivity index (χ3v) is 4.55. The molecular weight excluding hydrogens is 282 g/mol. The summed E-state index contributed by atoms with van der Waals surface area (Å²) in [4.78, 5) is 15.0. The second-order valence-electron chi connectivity index (χ2n) is 6.01. The first kappa shape index (κ1) is 15.6. The summed E-state index contributed by atoms with van der Waals surface area (Å²) in [5, 5.41) is 19.6. The van der Waals surface area contributed by atoms with Gasteiger partial charge in [-0.15, -0.1) is 0 Å². The molecule has 0 aromatic carbocycles. The number of rotatable bonds is 5. The van der Waals surface area contributed by atoms with E-state index in [1.165, 1.54) is 0 Å². The molecule has 0 radical (unpaired) electrons. The molecule has 2 fully saturated rings. The van der Waals surface area contributed by atoms with Gasteiger partial charge in [0, 0.05) is 45.1 Å². The third kappa shape index (κ3) is 3.73. The predicted molar refractivity (Wildman–Crippen MR) is 83.3 cm³/mol. The Hall–Kier alpha value is -1.28. The number of hydrogen-bond acceptors (Lipinski definition) is 7. The maximum atomic E-state index is 9.79. The quantitative estimate of drug-likeness (QED) is 0.775. The van der Waals surface area contributed by atoms with E-state index >= 15 is 0 Å². The zero-order valence-electron chi connectivity index (χ0n) is 12.9. The van der Waals surface area contributed by atoms with E-state index < -0.39 is 12.5 Å². The summed E-state index contributed by atoms with van der Waals surface area (Å²) in [5.41, 5.74) is 0. The number of piperazine rings is 1. The lowest BCUT2D eigenvalue weighted by molar-refractivity contribution is -0.0541. The molecule has 3 rings (SSSR count). The fourth-order valence-corrected chi connectivity index (χ4v) is 3.23. The van der Waals surface area contributed by atoms with Crippen LogP contribution in [0.15, 0.2) is 18.5 Å². The predicted octanol–water partition coefficient (Wildman–Crippen LogP) is -0.279. The Kier molecular flexibility index (Phi) is 5.20. The highest BCUT2D eigenvalue weighted by Crippen LogP contribution is 2.20. The smallest absolute Gasteiger partial charge is 0.225 e. The van der Waals surface area contributed by atoms with Crippen LogP contribution in [0.4, 0.5) is 5.95 Å². The van der Waals surface area contributed by atoms with Crippen molar-refractivity contribution in [2.24, 2.45) is 0 Å². The van der Waals surface area contributed by atoms with Crippen molar-refractivity contribution in [3.05, 3.63) is 18.5 Å². The molecule has 0 spiro atoms. The van der Waals surface area contributed by atoms with E-state index in [1.54, 1.807) is 17.3 Å². The van der Waals surface area contributed by atoms with E-state index in [1.807, 2.05) is 6.07 Å². The Morgan fingerprint density at radius 2 is 1.59 bits per heavy atom. The van der Waals surface area contributed by atoms with Crippen LogP contribution in [-0.4, -0.2) is 81.7 Å². The van der Waals surface area contributed by atoms with Gasteiger partial charge in [-0.1, -0.05) is 0 Å². The van der Waals surface area contributed by atoms with Crippen LogP contribution in [0.25, 0.3) is 0 Å². The van der Waals surface area contributed by atoms with Gasteiger partial charge in [-0.2, -0.15) is 0 Å². The van der Waals surface area contributed by atoms with Crippen LogP contribution in [0.1, 0.15) is 19.3 Å². The Balaban J connectivity index is 1.37. The standard InChI is InChI=1S/C15H25N5O2/c21-13-3-4-14(22)20(13)8-2-7-18-9-11-19(12-10-18)15-16-5-1-6-17-15/h1,5-6,13-14,21-22H,2-4,7-12H2. The van der Waals surface area contributed by atoms with Gasteiger partial charge in [0.05, 0.1) is 0 Å². The second-order valence-corrected chi connectivity index (χ2v) is 6.01. The highest BCUT2D eigenvalue weighted by atomic mass is 16.3. The highest BCUT2D eigenvalue weighted by Gasteiger charge is 2.30. The molecule has 2 unspecified atom stereocenters. The minimum absolute atomic E-state index is 0.470. The molecule has 3 heterocycles. The number of likely N-dealkylation sites (tertiary alicyclic amines) is 1. The first-order valence-corrected chi connectivity index (χ1v) is 8.10. The summed E-state index contributed by atoms with van der Waals surface area (Å²) in [6, 6.07) is 1.83. The van der Waals surface area contributed by atoms with E-state index in [9.17, 15) is 10.2 Å². The van der Waals surface area contributed by atoms with Crippen molar-refractivity contribution in [3.8, 4) is 0 Å². The Morgan fingerprint density at radius 3 is 2.23 bits per heavy atom. The monoisotopic (exact) mass is 307 g/mol. The fourth-order valence-electron chi connectivity index (χ4n) is 3.23. The molecule has 2 aliphatic rings. The molecule has 122 valence electrons. The Bertz CT molecular complexity index is 443. The minimum atomic E-state index is -0.470. The third-order valence-electron chi connectivity index (χ3n) is 4.55. The molecule has 7 heteroatoms. The lowest BCUT2D eigenvalue weighted by atomic mass is 10.3. The Morgan fingerprint density at radius 1 is 0.955 bits per heavy atom.